The minimum atomic E-state index is 0.575. The summed E-state index contributed by atoms with van der Waals surface area (Å²) in [6.45, 7) is 0. The Kier molecular flexibility index (Phi) is 3.68. The zero-order valence-electron chi connectivity index (χ0n) is 14.4. The van der Waals surface area contributed by atoms with E-state index in [4.69, 9.17) is 0 Å². The Hall–Kier alpha value is -3.86. The van der Waals surface area contributed by atoms with Crippen LogP contribution in [0.2, 0.25) is 0 Å². The predicted molar refractivity (Wildman–Crippen MR) is 105 cm³/mol. The maximum Gasteiger partial charge on any atom is 0.253 e. The van der Waals surface area contributed by atoms with Gasteiger partial charge in [-0.2, -0.15) is 9.50 Å². The third-order valence-corrected chi connectivity index (χ3v) is 4.47. The molecule has 0 bridgehead atoms. The molecule has 5 nitrogen and oxygen atoms in total. The van der Waals surface area contributed by atoms with E-state index in [1.165, 1.54) is 11.1 Å². The van der Waals surface area contributed by atoms with Gasteiger partial charge in [-0.1, -0.05) is 54.6 Å². The molecule has 5 aromatic rings. The molecule has 5 heteroatoms. The van der Waals surface area contributed by atoms with Crippen molar-refractivity contribution in [2.45, 2.75) is 0 Å². The average Bonchev–Trinajstić information content (AvgIpc) is 3.20. The van der Waals surface area contributed by atoms with Crippen molar-refractivity contribution in [3.8, 4) is 33.8 Å². The van der Waals surface area contributed by atoms with Crippen molar-refractivity contribution in [3.05, 3.63) is 91.4 Å². The highest BCUT2D eigenvalue weighted by Crippen LogP contribution is 2.25. The van der Waals surface area contributed by atoms with E-state index in [0.29, 0.717) is 11.6 Å². The average molecular weight is 349 g/mol. The van der Waals surface area contributed by atoms with Crippen molar-refractivity contribution in [3.63, 3.8) is 0 Å². The van der Waals surface area contributed by atoms with Crippen LogP contribution in [0.4, 0.5) is 0 Å². The number of aromatic nitrogens is 5. The first-order valence-electron chi connectivity index (χ1n) is 8.66. The number of hydrogen-bond acceptors (Lipinski definition) is 4. The summed E-state index contributed by atoms with van der Waals surface area (Å²) in [5, 5.41) is 4.66. The van der Waals surface area contributed by atoms with Gasteiger partial charge in [-0.3, -0.25) is 4.98 Å². The summed E-state index contributed by atoms with van der Waals surface area (Å²) in [7, 11) is 0. The van der Waals surface area contributed by atoms with Gasteiger partial charge in [0.05, 0.1) is 5.69 Å². The fourth-order valence-electron chi connectivity index (χ4n) is 3.10. The topological polar surface area (TPSA) is 56.0 Å². The van der Waals surface area contributed by atoms with Gasteiger partial charge in [0.15, 0.2) is 5.82 Å². The highest BCUT2D eigenvalue weighted by molar-refractivity contribution is 5.70. The Morgan fingerprint density at radius 3 is 2.07 bits per heavy atom. The van der Waals surface area contributed by atoms with Crippen LogP contribution < -0.4 is 0 Å². The number of pyridine rings is 1. The normalized spacial score (nSPS) is 11.0. The van der Waals surface area contributed by atoms with Crippen molar-refractivity contribution in [2.75, 3.05) is 0 Å². The van der Waals surface area contributed by atoms with Crippen LogP contribution in [0.25, 0.3) is 39.5 Å². The minimum absolute atomic E-state index is 0.575. The van der Waals surface area contributed by atoms with Crippen molar-refractivity contribution in [1.29, 1.82) is 0 Å². The maximum atomic E-state index is 4.66. The molecule has 0 unspecified atom stereocenters. The molecule has 0 saturated heterocycles. The van der Waals surface area contributed by atoms with Gasteiger partial charge in [0, 0.05) is 29.7 Å². The first kappa shape index (κ1) is 15.4. The fourth-order valence-corrected chi connectivity index (χ4v) is 3.10. The Morgan fingerprint density at radius 1 is 0.593 bits per heavy atom. The van der Waals surface area contributed by atoms with Crippen molar-refractivity contribution in [1.82, 2.24) is 24.6 Å². The molecule has 0 aliphatic rings. The van der Waals surface area contributed by atoms with Crippen LogP contribution in [0.15, 0.2) is 91.4 Å². The second kappa shape index (κ2) is 6.46. The molecule has 2 aromatic carbocycles. The Bertz CT molecular complexity index is 1200. The molecule has 3 heterocycles. The summed E-state index contributed by atoms with van der Waals surface area (Å²) in [5.74, 6) is 1.21. The smallest absolute Gasteiger partial charge is 0.253 e. The fraction of sp³-hybridized carbons (Fsp3) is 0. The molecule has 128 valence electrons. The van der Waals surface area contributed by atoms with Crippen molar-refractivity contribution < 1.29 is 0 Å². The summed E-state index contributed by atoms with van der Waals surface area (Å²) in [6, 6.07) is 24.5. The van der Waals surface area contributed by atoms with Crippen LogP contribution in [-0.4, -0.2) is 24.6 Å². The molecule has 0 saturated carbocycles. The maximum absolute atomic E-state index is 4.66. The van der Waals surface area contributed by atoms with Crippen LogP contribution in [-0.2, 0) is 0 Å². The van der Waals surface area contributed by atoms with E-state index in [2.05, 4.69) is 56.4 Å². The van der Waals surface area contributed by atoms with Crippen LogP contribution in [0.5, 0.6) is 0 Å². The lowest BCUT2D eigenvalue weighted by molar-refractivity contribution is 0.951. The molecule has 27 heavy (non-hydrogen) atoms. The quantitative estimate of drug-likeness (QED) is 0.480. The van der Waals surface area contributed by atoms with Gasteiger partial charge in [0.2, 0.25) is 0 Å². The second-order valence-corrected chi connectivity index (χ2v) is 6.16. The third-order valence-electron chi connectivity index (χ3n) is 4.47. The lowest BCUT2D eigenvalue weighted by Crippen LogP contribution is -1.96. The second-order valence-electron chi connectivity index (χ2n) is 6.16. The molecule has 5 rings (SSSR count). The summed E-state index contributed by atoms with van der Waals surface area (Å²) < 4.78 is 1.79. The monoisotopic (exact) mass is 349 g/mol. The third kappa shape index (κ3) is 2.85. The van der Waals surface area contributed by atoms with Gasteiger partial charge in [0.25, 0.3) is 5.78 Å². The molecule has 0 radical (unpaired) electrons. The van der Waals surface area contributed by atoms with Crippen LogP contribution >= 0.6 is 0 Å². The van der Waals surface area contributed by atoms with Crippen LogP contribution in [0, 0.1) is 0 Å². The molecule has 0 N–H and O–H groups in total. The van der Waals surface area contributed by atoms with E-state index < -0.39 is 0 Å². The number of hydrogen-bond donors (Lipinski definition) is 0. The van der Waals surface area contributed by atoms with Gasteiger partial charge in [-0.15, -0.1) is 5.10 Å². The highest BCUT2D eigenvalue weighted by atomic mass is 15.3. The number of nitrogens with zero attached hydrogens (tertiary/aromatic N) is 5. The first-order chi connectivity index (χ1) is 13.4. The molecule has 0 amide bonds. The largest absolute Gasteiger partial charge is 0.265 e. The van der Waals surface area contributed by atoms with Gasteiger partial charge in [-0.05, 0) is 29.3 Å². The summed E-state index contributed by atoms with van der Waals surface area (Å²) in [4.78, 5) is 12.9. The van der Waals surface area contributed by atoms with Gasteiger partial charge < -0.3 is 0 Å². The standard InChI is InChI=1S/C22H15N5/c1-2-4-16(5-3-1)17-6-8-18(9-7-17)20-12-15-24-22-25-21(26-27(20)22)19-10-13-23-14-11-19/h1-15H. The zero-order chi connectivity index (χ0) is 18.1. The van der Waals surface area contributed by atoms with Gasteiger partial charge >= 0.3 is 0 Å². The zero-order valence-corrected chi connectivity index (χ0v) is 14.4. The molecule has 0 aliphatic heterocycles. The molecule has 0 atom stereocenters. The highest BCUT2D eigenvalue weighted by Gasteiger charge is 2.11. The van der Waals surface area contributed by atoms with E-state index in [0.717, 1.165) is 16.8 Å². The van der Waals surface area contributed by atoms with Crippen molar-refractivity contribution in [2.24, 2.45) is 0 Å². The molecule has 0 fully saturated rings. The summed E-state index contributed by atoms with van der Waals surface area (Å²) in [6.07, 6.45) is 5.23. The number of benzene rings is 2. The Labute approximate surface area is 156 Å². The minimum Gasteiger partial charge on any atom is -0.265 e. The SMILES string of the molecule is c1ccc(-c2ccc(-c3ccnc4nc(-c5ccncc5)nn34)cc2)cc1. The van der Waals surface area contributed by atoms with E-state index >= 15 is 0 Å². The lowest BCUT2D eigenvalue weighted by atomic mass is 10.0. The Balaban J connectivity index is 1.58. The summed E-state index contributed by atoms with van der Waals surface area (Å²) >= 11 is 0. The van der Waals surface area contributed by atoms with Crippen LogP contribution in [0.3, 0.4) is 0 Å². The molecular formula is C22H15N5. The van der Waals surface area contributed by atoms with Crippen LogP contribution in [0.1, 0.15) is 0 Å². The van der Waals surface area contributed by atoms with E-state index in [1.807, 2.05) is 36.4 Å². The van der Waals surface area contributed by atoms with E-state index in [1.54, 1.807) is 23.1 Å². The molecule has 0 aliphatic carbocycles. The van der Waals surface area contributed by atoms with E-state index in [-0.39, 0.29) is 0 Å². The lowest BCUT2D eigenvalue weighted by Gasteiger charge is -2.06. The van der Waals surface area contributed by atoms with Gasteiger partial charge in [0.1, 0.15) is 0 Å². The van der Waals surface area contributed by atoms with Gasteiger partial charge in [-0.25, -0.2) is 4.98 Å². The predicted octanol–water partition coefficient (Wildman–Crippen LogP) is 4.52. The number of fused-ring (bicyclic) bond motifs is 1. The van der Waals surface area contributed by atoms with Crippen molar-refractivity contribution >= 4 is 5.78 Å². The summed E-state index contributed by atoms with van der Waals surface area (Å²) in [5.41, 5.74) is 5.31. The first-order valence-corrected chi connectivity index (χ1v) is 8.66. The number of rotatable bonds is 3. The van der Waals surface area contributed by atoms with E-state index in [9.17, 15) is 0 Å². The molecule has 3 aromatic heterocycles. The molecular weight excluding hydrogens is 334 g/mol. The molecule has 0 spiro atoms. The Morgan fingerprint density at radius 2 is 1.30 bits per heavy atom.